The molecule has 7 aromatic rings. The minimum Gasteiger partial charge on any atom is -0.508 e. The van der Waals surface area contributed by atoms with Gasteiger partial charge in [-0.2, -0.15) is 0 Å². The Bertz CT molecular complexity index is 2430. The number of aromatic nitrogens is 8. The zero-order chi connectivity index (χ0) is 46.4. The molecule has 15 nitrogen and oxygen atoms in total. The number of nitrogens with one attached hydrogen (secondary N) is 1. The van der Waals surface area contributed by atoms with Gasteiger partial charge in [0.15, 0.2) is 55.9 Å². The van der Waals surface area contributed by atoms with Crippen LogP contribution in [0.3, 0.4) is 0 Å². The fraction of sp³-hybridized carbons (Fsp3) is 0.222. The molecule has 0 radical (unpaired) electrons. The number of hydrogen-bond donors (Lipinski definition) is 2. The molecule has 0 saturated carbocycles. The molecule has 2 N–H and O–H groups in total. The first kappa shape index (κ1) is 50.7. The third-order valence-corrected chi connectivity index (χ3v) is 8.44. The average molecular weight is 917 g/mol. The van der Waals surface area contributed by atoms with Crippen LogP contribution in [0.25, 0.3) is 23.3 Å². The van der Waals surface area contributed by atoms with Gasteiger partial charge in [0.2, 0.25) is 23.1 Å². The summed E-state index contributed by atoms with van der Waals surface area (Å²) in [4.78, 5) is 41.2. The first-order chi connectivity index (χ1) is 30.3. The molecular weight excluding hydrogens is 869 g/mol. The van der Waals surface area contributed by atoms with E-state index in [1.54, 1.807) is 93.5 Å². The lowest BCUT2D eigenvalue weighted by Crippen LogP contribution is -2.10. The van der Waals surface area contributed by atoms with Gasteiger partial charge in [-0.15, -0.1) is 0 Å². The van der Waals surface area contributed by atoms with E-state index in [9.17, 15) is 0 Å². The Morgan fingerprint density at radius 1 is 0.571 bits per heavy atom. The van der Waals surface area contributed by atoms with Crippen molar-refractivity contribution < 1.29 is 28.8 Å². The Balaban J connectivity index is 0.000000252. The minimum atomic E-state index is 0.0540. The molecule has 0 unspecified atom stereocenters. The van der Waals surface area contributed by atoms with Gasteiger partial charge in [0.25, 0.3) is 0 Å². The minimum absolute atomic E-state index is 0.0540. The van der Waals surface area contributed by atoms with E-state index in [0.29, 0.717) is 57.8 Å². The molecular formula is C45H48Cl3N9O6. The van der Waals surface area contributed by atoms with Gasteiger partial charge < -0.3 is 34.2 Å². The summed E-state index contributed by atoms with van der Waals surface area (Å²) in [7, 11) is 4.82. The number of carbonyl (C=O) groups excluding carboxylic acids is 1. The van der Waals surface area contributed by atoms with Crippen LogP contribution in [0.4, 0.5) is 5.82 Å². The van der Waals surface area contributed by atoms with Crippen molar-refractivity contribution in [2.24, 2.45) is 0 Å². The molecule has 0 aliphatic rings. The van der Waals surface area contributed by atoms with Crippen molar-refractivity contribution in [2.75, 3.05) is 26.6 Å². The molecule has 0 fully saturated rings. The maximum atomic E-state index is 9.02. The Kier molecular flexibility index (Phi) is 20.9. The molecule has 3 aromatic carbocycles. The van der Waals surface area contributed by atoms with Crippen LogP contribution >= 0.6 is 34.8 Å². The lowest BCUT2D eigenvalue weighted by Gasteiger charge is -2.18. The first-order valence-electron chi connectivity index (χ1n) is 19.1. The van der Waals surface area contributed by atoms with E-state index in [4.69, 9.17) is 63.7 Å². The number of phenolic OH excluding ortho intramolecular Hbond substituents is 1. The SMILES string of the molecule is C=O.CC(C)(C)c1ccc(O)cc1.CCC.CNc1nc(-c2ncccn2)nc(Cl)c1Oc1ccccc1OC.COc1ccccc1Oc1c(Cl)nc(-c2ncccn2)nc1Cl. The van der Waals surface area contributed by atoms with Crippen molar-refractivity contribution in [1.29, 1.82) is 0 Å². The highest BCUT2D eigenvalue weighted by Crippen LogP contribution is 2.40. The number of halogens is 3. The van der Waals surface area contributed by atoms with Crippen LogP contribution in [0.15, 0.2) is 110 Å². The summed E-state index contributed by atoms with van der Waals surface area (Å²) in [6.07, 6.45) is 7.62. The molecule has 0 aliphatic heterocycles. The Hall–Kier alpha value is -6.68. The van der Waals surface area contributed by atoms with Crippen LogP contribution in [0.2, 0.25) is 15.5 Å². The van der Waals surface area contributed by atoms with Gasteiger partial charge >= 0.3 is 0 Å². The first-order valence-corrected chi connectivity index (χ1v) is 20.2. The molecule has 0 bridgehead atoms. The van der Waals surface area contributed by atoms with E-state index in [1.165, 1.54) is 19.1 Å². The van der Waals surface area contributed by atoms with Crippen molar-refractivity contribution in [3.8, 4) is 63.5 Å². The Morgan fingerprint density at radius 3 is 1.32 bits per heavy atom. The number of aromatic hydroxyl groups is 1. The maximum Gasteiger partial charge on any atom is 0.207 e. The number of anilines is 1. The van der Waals surface area contributed by atoms with Crippen LogP contribution in [0.5, 0.6) is 40.2 Å². The number of ether oxygens (including phenoxy) is 4. The Labute approximate surface area is 381 Å². The van der Waals surface area contributed by atoms with E-state index in [-0.39, 0.29) is 32.4 Å². The highest BCUT2D eigenvalue weighted by Gasteiger charge is 2.20. The standard InChI is InChI=1S/C16H14ClN5O2.C15H10Cl2N4O2.C10H14O.C3H8.CH2O/c1-18-14-12(24-11-7-4-3-6-10(11)23-2)13(17)21-16(22-14)15-19-8-5-9-20-15;1-22-9-5-2-3-6-10(9)23-11-12(16)20-15(21-13(11)17)14-18-7-4-8-19-14;1-10(2,3)8-4-6-9(11)7-5-8;1-3-2;1-2/h3-9H,1-2H3,(H,18,21,22);2-8H,1H3;4-7,11H,1-3H3;3H2,1-2H3;1H2. The van der Waals surface area contributed by atoms with E-state index < -0.39 is 0 Å². The molecule has 7 rings (SSSR count). The van der Waals surface area contributed by atoms with Gasteiger partial charge in [0.05, 0.1) is 14.2 Å². The molecule has 18 heteroatoms. The van der Waals surface area contributed by atoms with Crippen molar-refractivity contribution in [2.45, 2.75) is 46.5 Å². The number of benzene rings is 3. The Morgan fingerprint density at radius 2 is 0.937 bits per heavy atom. The van der Waals surface area contributed by atoms with Crippen LogP contribution in [0, 0.1) is 0 Å². The largest absolute Gasteiger partial charge is 0.508 e. The van der Waals surface area contributed by atoms with E-state index in [2.05, 4.69) is 79.8 Å². The quantitative estimate of drug-likeness (QED) is 0.130. The predicted octanol–water partition coefficient (Wildman–Crippen LogP) is 11.4. The summed E-state index contributed by atoms with van der Waals surface area (Å²) < 4.78 is 22.0. The van der Waals surface area contributed by atoms with Gasteiger partial charge in [-0.3, -0.25) is 0 Å². The van der Waals surface area contributed by atoms with Crippen LogP contribution in [-0.2, 0) is 10.2 Å². The van der Waals surface area contributed by atoms with Crippen molar-refractivity contribution >= 4 is 47.4 Å². The second kappa shape index (κ2) is 25.9. The van der Waals surface area contributed by atoms with E-state index in [0.717, 1.165) is 0 Å². The van der Waals surface area contributed by atoms with Crippen LogP contribution in [0.1, 0.15) is 46.6 Å². The van der Waals surface area contributed by atoms with Crippen LogP contribution in [-0.4, -0.2) is 73.0 Å². The van der Waals surface area contributed by atoms with Gasteiger partial charge in [0.1, 0.15) is 12.5 Å². The molecule has 0 aliphatic carbocycles. The number of nitrogens with zero attached hydrogens (tertiary/aromatic N) is 8. The summed E-state index contributed by atoms with van der Waals surface area (Å²) in [6, 6.07) is 25.1. The lowest BCUT2D eigenvalue weighted by molar-refractivity contribution is -0.0980. The second-order valence-electron chi connectivity index (χ2n) is 13.4. The fourth-order valence-electron chi connectivity index (χ4n) is 4.78. The van der Waals surface area contributed by atoms with Gasteiger partial charge in [-0.05, 0) is 59.5 Å². The number of phenols is 1. The average Bonchev–Trinajstić information content (AvgIpc) is 3.30. The summed E-state index contributed by atoms with van der Waals surface area (Å²) in [5, 5.41) is 12.2. The summed E-state index contributed by atoms with van der Waals surface area (Å²) in [6.45, 7) is 12.7. The van der Waals surface area contributed by atoms with Crippen molar-refractivity contribution in [3.63, 3.8) is 0 Å². The number of carbonyl (C=O) groups is 1. The zero-order valence-electron chi connectivity index (χ0n) is 36.0. The fourth-order valence-corrected chi connectivity index (χ4v) is 5.45. The van der Waals surface area contributed by atoms with E-state index in [1.807, 2.05) is 37.1 Å². The van der Waals surface area contributed by atoms with Crippen LogP contribution < -0.4 is 24.3 Å². The molecule has 4 aromatic heterocycles. The predicted molar refractivity (Wildman–Crippen MR) is 247 cm³/mol. The van der Waals surface area contributed by atoms with Gasteiger partial charge in [-0.1, -0.05) is 112 Å². The summed E-state index contributed by atoms with van der Waals surface area (Å²) in [5.74, 6) is 4.46. The topological polar surface area (TPSA) is 189 Å². The highest BCUT2D eigenvalue weighted by molar-refractivity contribution is 6.35. The summed E-state index contributed by atoms with van der Waals surface area (Å²) >= 11 is 18.6. The normalized spacial score (nSPS) is 10.1. The number of rotatable bonds is 9. The van der Waals surface area contributed by atoms with Crippen molar-refractivity contribution in [1.82, 2.24) is 39.9 Å². The van der Waals surface area contributed by atoms with E-state index >= 15 is 0 Å². The maximum absolute atomic E-state index is 9.02. The molecule has 4 heterocycles. The van der Waals surface area contributed by atoms with Crippen molar-refractivity contribution in [3.05, 3.63) is 131 Å². The van der Waals surface area contributed by atoms with Gasteiger partial charge in [0, 0.05) is 31.8 Å². The molecule has 63 heavy (non-hydrogen) atoms. The molecule has 0 spiro atoms. The highest BCUT2D eigenvalue weighted by atomic mass is 35.5. The third-order valence-electron chi connectivity index (χ3n) is 7.67. The smallest absolute Gasteiger partial charge is 0.207 e. The molecule has 0 atom stereocenters. The number of methoxy groups -OCH3 is 2. The third kappa shape index (κ3) is 15.3. The second-order valence-corrected chi connectivity index (χ2v) is 14.5. The summed E-state index contributed by atoms with van der Waals surface area (Å²) in [5.41, 5.74) is 1.42. The monoisotopic (exact) mass is 915 g/mol. The molecule has 330 valence electrons. The zero-order valence-corrected chi connectivity index (χ0v) is 38.3. The molecule has 0 saturated heterocycles. The lowest BCUT2D eigenvalue weighted by atomic mass is 9.87. The molecule has 0 amide bonds. The van der Waals surface area contributed by atoms with Gasteiger partial charge in [-0.25, -0.2) is 39.9 Å². The number of para-hydroxylation sites is 4. The number of hydrogen-bond acceptors (Lipinski definition) is 15.